The van der Waals surface area contributed by atoms with Crippen LogP contribution in [0.25, 0.3) is 0 Å². The molecule has 0 bridgehead atoms. The topological polar surface area (TPSA) is 49.4 Å². The lowest BCUT2D eigenvalue weighted by atomic mass is 10.0. The predicted octanol–water partition coefficient (Wildman–Crippen LogP) is 5.51. The molecule has 152 valence electrons. The zero-order valence-corrected chi connectivity index (χ0v) is 15.1. The van der Waals surface area contributed by atoms with Crippen LogP contribution >= 0.6 is 23.2 Å². The van der Waals surface area contributed by atoms with Crippen molar-refractivity contribution < 1.29 is 41.0 Å². The minimum absolute atomic E-state index is 0.218. The summed E-state index contributed by atoms with van der Waals surface area (Å²) in [4.78, 5) is 10.6. The highest BCUT2D eigenvalue weighted by atomic mass is 35.5. The molecule has 0 atom stereocenters. The smallest absolute Gasteiger partial charge is 0.416 e. The number of carbonyl (C=O) groups is 1. The first-order valence-corrected chi connectivity index (χ1v) is 8.18. The molecule has 0 spiro atoms. The lowest BCUT2D eigenvalue weighted by Gasteiger charge is -2.17. The van der Waals surface area contributed by atoms with E-state index in [9.17, 15) is 36.2 Å². The van der Waals surface area contributed by atoms with E-state index in [1.807, 2.05) is 0 Å². The molecule has 0 aliphatic rings. The molecule has 0 saturated carbocycles. The van der Waals surface area contributed by atoms with E-state index in [1.165, 1.54) is 0 Å². The van der Waals surface area contributed by atoms with Gasteiger partial charge in [0.25, 0.3) is 0 Å². The van der Waals surface area contributed by atoms with Crippen LogP contribution < -0.4 is 9.84 Å². The van der Waals surface area contributed by atoms with E-state index in [-0.39, 0.29) is 11.5 Å². The van der Waals surface area contributed by atoms with E-state index in [2.05, 4.69) is 0 Å². The Morgan fingerprint density at radius 2 is 1.54 bits per heavy atom. The number of benzene rings is 2. The summed E-state index contributed by atoms with van der Waals surface area (Å²) in [5.41, 5.74) is -2.60. The number of hydrogen-bond acceptors (Lipinski definition) is 3. The standard InChI is InChI=1S/C17H10Cl2F6O3/c18-12-6-9(16(20,21)22)7-13(19)15(12)28-10-2-3-11(17(23,24)25)8(5-10)1-4-14(26)27/h2-3,5-7H,1,4H2,(H,26,27)/p-1. The van der Waals surface area contributed by atoms with Crippen molar-refractivity contribution in [1.82, 2.24) is 0 Å². The van der Waals surface area contributed by atoms with Crippen LogP contribution in [0.4, 0.5) is 26.3 Å². The zero-order chi connectivity index (χ0) is 21.3. The van der Waals surface area contributed by atoms with Gasteiger partial charge in [0.05, 0.1) is 21.2 Å². The summed E-state index contributed by atoms with van der Waals surface area (Å²) >= 11 is 11.5. The van der Waals surface area contributed by atoms with Crippen LogP contribution in [0.1, 0.15) is 23.1 Å². The van der Waals surface area contributed by atoms with Crippen LogP contribution in [0.15, 0.2) is 30.3 Å². The van der Waals surface area contributed by atoms with Gasteiger partial charge < -0.3 is 14.6 Å². The van der Waals surface area contributed by atoms with Gasteiger partial charge in [-0.1, -0.05) is 23.2 Å². The minimum Gasteiger partial charge on any atom is -0.550 e. The number of aliphatic carboxylic acids is 1. The van der Waals surface area contributed by atoms with Crippen molar-refractivity contribution in [3.05, 3.63) is 57.1 Å². The molecule has 0 fully saturated rings. The van der Waals surface area contributed by atoms with E-state index in [1.54, 1.807) is 0 Å². The van der Waals surface area contributed by atoms with Gasteiger partial charge in [-0.25, -0.2) is 0 Å². The number of rotatable bonds is 5. The molecule has 0 radical (unpaired) electrons. The summed E-state index contributed by atoms with van der Waals surface area (Å²) in [6.07, 6.45) is -10.6. The van der Waals surface area contributed by atoms with E-state index >= 15 is 0 Å². The average Bonchev–Trinajstić information content (AvgIpc) is 2.54. The second-order valence-electron chi connectivity index (χ2n) is 5.56. The highest BCUT2D eigenvalue weighted by Crippen LogP contribution is 2.42. The number of carboxylic acid groups (broad SMARTS) is 1. The molecule has 2 aromatic rings. The van der Waals surface area contributed by atoms with Gasteiger partial charge >= 0.3 is 12.4 Å². The highest BCUT2D eigenvalue weighted by molar-refractivity contribution is 6.37. The van der Waals surface area contributed by atoms with E-state index in [4.69, 9.17) is 27.9 Å². The van der Waals surface area contributed by atoms with Gasteiger partial charge in [0.15, 0.2) is 5.75 Å². The summed E-state index contributed by atoms with van der Waals surface area (Å²) < 4.78 is 82.7. The molecular weight excluding hydrogens is 437 g/mol. The molecule has 0 aliphatic carbocycles. The Morgan fingerprint density at radius 1 is 0.964 bits per heavy atom. The minimum atomic E-state index is -4.75. The van der Waals surface area contributed by atoms with Crippen LogP contribution in [0.3, 0.4) is 0 Å². The zero-order valence-electron chi connectivity index (χ0n) is 13.5. The van der Waals surface area contributed by atoms with Crippen LogP contribution in [-0.4, -0.2) is 5.97 Å². The second-order valence-corrected chi connectivity index (χ2v) is 6.37. The SMILES string of the molecule is O=C([O-])CCc1cc(Oc2c(Cl)cc(C(F)(F)F)cc2Cl)ccc1C(F)(F)F. The molecule has 28 heavy (non-hydrogen) atoms. The Hall–Kier alpha value is -2.13. The van der Waals surface area contributed by atoms with E-state index < -0.39 is 57.9 Å². The van der Waals surface area contributed by atoms with Gasteiger partial charge in [-0.2, -0.15) is 26.3 Å². The van der Waals surface area contributed by atoms with Crippen molar-refractivity contribution in [2.24, 2.45) is 0 Å². The number of halogens is 8. The number of hydrogen-bond donors (Lipinski definition) is 0. The maximum absolute atomic E-state index is 13.1. The Bertz CT molecular complexity index is 870. The number of aryl methyl sites for hydroxylation is 1. The molecular formula is C17H9Cl2F6O3-. The van der Waals surface area contributed by atoms with Gasteiger partial charge in [-0.15, -0.1) is 0 Å². The summed E-state index contributed by atoms with van der Waals surface area (Å²) in [6, 6.07) is 3.60. The Labute approximate surface area is 164 Å². The van der Waals surface area contributed by atoms with Crippen molar-refractivity contribution in [3.8, 4) is 11.5 Å². The third-order valence-electron chi connectivity index (χ3n) is 3.53. The first-order chi connectivity index (χ1) is 12.8. The van der Waals surface area contributed by atoms with Crippen molar-refractivity contribution in [3.63, 3.8) is 0 Å². The van der Waals surface area contributed by atoms with Gasteiger partial charge in [0, 0.05) is 5.97 Å². The third-order valence-corrected chi connectivity index (χ3v) is 4.09. The largest absolute Gasteiger partial charge is 0.550 e. The molecule has 0 amide bonds. The Balaban J connectivity index is 2.41. The van der Waals surface area contributed by atoms with Crippen molar-refractivity contribution in [1.29, 1.82) is 0 Å². The Morgan fingerprint density at radius 3 is 2.00 bits per heavy atom. The molecule has 0 aliphatic heterocycles. The van der Waals surface area contributed by atoms with Crippen molar-refractivity contribution >= 4 is 29.2 Å². The Kier molecular flexibility index (Phi) is 6.40. The van der Waals surface area contributed by atoms with Crippen LogP contribution in [0.5, 0.6) is 11.5 Å². The molecule has 0 heterocycles. The molecule has 11 heteroatoms. The maximum Gasteiger partial charge on any atom is 0.416 e. The molecule has 3 nitrogen and oxygen atoms in total. The van der Waals surface area contributed by atoms with Crippen LogP contribution in [-0.2, 0) is 23.6 Å². The van der Waals surface area contributed by atoms with Crippen LogP contribution in [0.2, 0.25) is 10.0 Å². The molecule has 0 N–H and O–H groups in total. The van der Waals surface area contributed by atoms with Gasteiger partial charge in [0.1, 0.15) is 5.75 Å². The van der Waals surface area contributed by atoms with Crippen molar-refractivity contribution in [2.75, 3.05) is 0 Å². The number of carboxylic acids is 1. The average molecular weight is 446 g/mol. The first-order valence-electron chi connectivity index (χ1n) is 7.43. The van der Waals surface area contributed by atoms with Gasteiger partial charge in [-0.05, 0) is 48.7 Å². The summed E-state index contributed by atoms with van der Waals surface area (Å²) in [5.74, 6) is -2.15. The molecule has 2 rings (SSSR count). The highest BCUT2D eigenvalue weighted by Gasteiger charge is 2.34. The fourth-order valence-electron chi connectivity index (χ4n) is 2.29. The fourth-order valence-corrected chi connectivity index (χ4v) is 2.86. The summed E-state index contributed by atoms with van der Waals surface area (Å²) in [7, 11) is 0. The third kappa shape index (κ3) is 5.45. The monoisotopic (exact) mass is 445 g/mol. The summed E-state index contributed by atoms with van der Waals surface area (Å²) in [5, 5.41) is 9.55. The second kappa shape index (κ2) is 8.08. The van der Waals surface area contributed by atoms with Crippen molar-refractivity contribution in [2.45, 2.75) is 25.2 Å². The predicted molar refractivity (Wildman–Crippen MR) is 86.3 cm³/mol. The quantitative estimate of drug-likeness (QED) is 0.570. The normalized spacial score (nSPS) is 12.1. The molecule has 0 aromatic heterocycles. The lowest BCUT2D eigenvalue weighted by molar-refractivity contribution is -0.305. The molecule has 0 saturated heterocycles. The molecule has 2 aromatic carbocycles. The first kappa shape index (κ1) is 22.2. The molecule has 0 unspecified atom stereocenters. The van der Waals surface area contributed by atoms with E-state index in [0.29, 0.717) is 18.2 Å². The number of ether oxygens (including phenoxy) is 1. The number of carbonyl (C=O) groups excluding carboxylic acids is 1. The maximum atomic E-state index is 13.1. The number of alkyl halides is 6. The van der Waals surface area contributed by atoms with Gasteiger partial charge in [-0.3, -0.25) is 0 Å². The summed E-state index contributed by atoms with van der Waals surface area (Å²) in [6.45, 7) is 0. The van der Waals surface area contributed by atoms with Gasteiger partial charge in [0.2, 0.25) is 0 Å². The van der Waals surface area contributed by atoms with E-state index in [0.717, 1.165) is 12.1 Å². The fraction of sp³-hybridized carbons (Fsp3) is 0.235. The lowest BCUT2D eigenvalue weighted by Crippen LogP contribution is -2.23. The van der Waals surface area contributed by atoms with Crippen LogP contribution in [0, 0.1) is 0 Å².